The van der Waals surface area contributed by atoms with Gasteiger partial charge in [0.15, 0.2) is 0 Å². The maximum atomic E-state index is 11.5. The molecule has 0 saturated heterocycles. The second-order valence-electron chi connectivity index (χ2n) is 4.05. The Kier molecular flexibility index (Phi) is 2.03. The molecule has 3 atom stereocenters. The largest absolute Gasteiger partial charge is 0.299 e. The van der Waals surface area contributed by atoms with Crippen molar-refractivity contribution in [2.75, 3.05) is 0 Å². The summed E-state index contributed by atoms with van der Waals surface area (Å²) in [7, 11) is 0. The van der Waals surface area contributed by atoms with Gasteiger partial charge in [-0.3, -0.25) is 4.79 Å². The van der Waals surface area contributed by atoms with Crippen molar-refractivity contribution in [3.63, 3.8) is 0 Å². The van der Waals surface area contributed by atoms with Crippen molar-refractivity contribution in [3.8, 4) is 0 Å². The number of Topliss-reactive ketones (excluding diaryl/α,β-unsaturated/α-hetero) is 1. The number of rotatable bonds is 1. The molecule has 1 fully saturated rings. The molecule has 66 valence electrons. The van der Waals surface area contributed by atoms with Crippen molar-refractivity contribution >= 4 is 5.78 Å². The zero-order valence-electron chi connectivity index (χ0n) is 7.62. The summed E-state index contributed by atoms with van der Waals surface area (Å²) in [6, 6.07) is 0. The highest BCUT2D eigenvalue weighted by atomic mass is 16.1. The second kappa shape index (κ2) is 3.04. The van der Waals surface area contributed by atoms with Crippen LogP contribution in [0.5, 0.6) is 0 Å². The first-order chi connectivity index (χ1) is 5.83. The summed E-state index contributed by atoms with van der Waals surface area (Å²) in [5.74, 6) is 2.29. The molecule has 3 unspecified atom stereocenters. The van der Waals surface area contributed by atoms with Crippen molar-refractivity contribution in [1.82, 2.24) is 0 Å². The SMILES string of the molecule is CCC1C(=O)CC2CC=CCC21. The molecule has 2 aliphatic carbocycles. The maximum Gasteiger partial charge on any atom is 0.136 e. The minimum atomic E-state index is 0.389. The van der Waals surface area contributed by atoms with E-state index in [2.05, 4.69) is 19.1 Å². The van der Waals surface area contributed by atoms with Crippen LogP contribution in [0.4, 0.5) is 0 Å². The van der Waals surface area contributed by atoms with Crippen LogP contribution in [0.2, 0.25) is 0 Å². The Hall–Kier alpha value is -0.590. The Morgan fingerprint density at radius 1 is 1.42 bits per heavy atom. The fourth-order valence-corrected chi connectivity index (χ4v) is 2.80. The third-order valence-corrected chi connectivity index (χ3v) is 3.45. The zero-order chi connectivity index (χ0) is 8.55. The average molecular weight is 164 g/mol. The first kappa shape index (κ1) is 8.03. The van der Waals surface area contributed by atoms with Crippen LogP contribution in [0.1, 0.15) is 32.6 Å². The van der Waals surface area contributed by atoms with E-state index in [1.807, 2.05) is 0 Å². The molecule has 0 aromatic heterocycles. The molecular formula is C11H16O. The Labute approximate surface area is 73.8 Å². The summed E-state index contributed by atoms with van der Waals surface area (Å²) < 4.78 is 0. The zero-order valence-corrected chi connectivity index (χ0v) is 7.62. The molecule has 1 nitrogen and oxygen atoms in total. The van der Waals surface area contributed by atoms with E-state index in [4.69, 9.17) is 0 Å². The highest BCUT2D eigenvalue weighted by Gasteiger charge is 2.40. The molecule has 2 aliphatic rings. The molecule has 0 amide bonds. The molecule has 0 aromatic rings. The van der Waals surface area contributed by atoms with E-state index in [1.54, 1.807) is 0 Å². The Morgan fingerprint density at radius 2 is 2.17 bits per heavy atom. The van der Waals surface area contributed by atoms with Crippen LogP contribution in [0.3, 0.4) is 0 Å². The van der Waals surface area contributed by atoms with Gasteiger partial charge >= 0.3 is 0 Å². The van der Waals surface area contributed by atoms with E-state index in [1.165, 1.54) is 0 Å². The highest BCUT2D eigenvalue weighted by molar-refractivity contribution is 5.84. The number of ketones is 1. The van der Waals surface area contributed by atoms with Crippen LogP contribution in [-0.4, -0.2) is 5.78 Å². The van der Waals surface area contributed by atoms with E-state index in [-0.39, 0.29) is 0 Å². The number of allylic oxidation sites excluding steroid dienone is 2. The lowest BCUT2D eigenvalue weighted by atomic mass is 9.80. The average Bonchev–Trinajstić information content (AvgIpc) is 2.40. The lowest BCUT2D eigenvalue weighted by Crippen LogP contribution is -2.17. The number of fused-ring (bicyclic) bond motifs is 1. The lowest BCUT2D eigenvalue weighted by Gasteiger charge is -2.23. The number of carbonyl (C=O) groups is 1. The molecule has 0 bridgehead atoms. The summed E-state index contributed by atoms with van der Waals surface area (Å²) in [4.78, 5) is 11.5. The lowest BCUT2D eigenvalue weighted by molar-refractivity contribution is -0.121. The van der Waals surface area contributed by atoms with Gasteiger partial charge in [-0.15, -0.1) is 0 Å². The normalized spacial score (nSPS) is 40.1. The van der Waals surface area contributed by atoms with E-state index < -0.39 is 0 Å². The van der Waals surface area contributed by atoms with Gasteiger partial charge in [0.25, 0.3) is 0 Å². The Bertz CT molecular complexity index is 217. The van der Waals surface area contributed by atoms with E-state index in [0.29, 0.717) is 23.5 Å². The van der Waals surface area contributed by atoms with Crippen molar-refractivity contribution in [2.45, 2.75) is 32.6 Å². The first-order valence-electron chi connectivity index (χ1n) is 5.00. The van der Waals surface area contributed by atoms with Crippen LogP contribution >= 0.6 is 0 Å². The van der Waals surface area contributed by atoms with E-state index in [9.17, 15) is 4.79 Å². The molecule has 1 heteroatoms. The molecule has 0 spiro atoms. The fraction of sp³-hybridized carbons (Fsp3) is 0.727. The van der Waals surface area contributed by atoms with Gasteiger partial charge in [0.05, 0.1) is 0 Å². The van der Waals surface area contributed by atoms with E-state index in [0.717, 1.165) is 25.7 Å². The number of carbonyl (C=O) groups excluding carboxylic acids is 1. The van der Waals surface area contributed by atoms with Crippen LogP contribution in [-0.2, 0) is 4.79 Å². The Balaban J connectivity index is 2.16. The van der Waals surface area contributed by atoms with Gasteiger partial charge in [-0.05, 0) is 31.1 Å². The van der Waals surface area contributed by atoms with Crippen LogP contribution in [0, 0.1) is 17.8 Å². The topological polar surface area (TPSA) is 17.1 Å². The number of hydrogen-bond donors (Lipinski definition) is 0. The van der Waals surface area contributed by atoms with Crippen molar-refractivity contribution < 1.29 is 4.79 Å². The van der Waals surface area contributed by atoms with Crippen LogP contribution in [0.15, 0.2) is 12.2 Å². The molecule has 0 radical (unpaired) electrons. The van der Waals surface area contributed by atoms with Crippen molar-refractivity contribution in [1.29, 1.82) is 0 Å². The molecule has 0 heterocycles. The van der Waals surface area contributed by atoms with Gasteiger partial charge in [0, 0.05) is 12.3 Å². The second-order valence-corrected chi connectivity index (χ2v) is 4.05. The summed E-state index contributed by atoms with van der Waals surface area (Å²) >= 11 is 0. The van der Waals surface area contributed by atoms with Gasteiger partial charge in [0.2, 0.25) is 0 Å². The Morgan fingerprint density at radius 3 is 2.92 bits per heavy atom. The summed E-state index contributed by atoms with van der Waals surface area (Å²) in [6.45, 7) is 2.14. The predicted octanol–water partition coefficient (Wildman–Crippen LogP) is 2.57. The summed E-state index contributed by atoms with van der Waals surface area (Å²) in [6.07, 6.45) is 8.69. The molecule has 0 aromatic carbocycles. The molecule has 0 aliphatic heterocycles. The first-order valence-corrected chi connectivity index (χ1v) is 5.00. The predicted molar refractivity (Wildman–Crippen MR) is 48.8 cm³/mol. The van der Waals surface area contributed by atoms with Gasteiger partial charge in [-0.2, -0.15) is 0 Å². The van der Waals surface area contributed by atoms with Gasteiger partial charge in [0.1, 0.15) is 5.78 Å². The molecule has 1 saturated carbocycles. The third kappa shape index (κ3) is 1.12. The summed E-state index contributed by atoms with van der Waals surface area (Å²) in [5, 5.41) is 0. The summed E-state index contributed by atoms with van der Waals surface area (Å²) in [5.41, 5.74) is 0. The number of hydrogen-bond acceptors (Lipinski definition) is 1. The van der Waals surface area contributed by atoms with Crippen molar-refractivity contribution in [2.24, 2.45) is 17.8 Å². The smallest absolute Gasteiger partial charge is 0.136 e. The van der Waals surface area contributed by atoms with Gasteiger partial charge in [-0.1, -0.05) is 19.1 Å². The molecule has 12 heavy (non-hydrogen) atoms. The highest BCUT2D eigenvalue weighted by Crippen LogP contribution is 2.42. The van der Waals surface area contributed by atoms with Crippen LogP contribution < -0.4 is 0 Å². The molecule has 2 rings (SSSR count). The van der Waals surface area contributed by atoms with Crippen molar-refractivity contribution in [3.05, 3.63) is 12.2 Å². The van der Waals surface area contributed by atoms with Gasteiger partial charge in [-0.25, -0.2) is 0 Å². The molecular weight excluding hydrogens is 148 g/mol. The maximum absolute atomic E-state index is 11.5. The standard InChI is InChI=1S/C11H16O/c1-2-9-10-6-4-3-5-8(10)7-11(9)12/h3-4,8-10H,2,5-7H2,1H3. The quantitative estimate of drug-likeness (QED) is 0.544. The minimum absolute atomic E-state index is 0.389. The third-order valence-electron chi connectivity index (χ3n) is 3.45. The molecule has 0 N–H and O–H groups in total. The van der Waals surface area contributed by atoms with Gasteiger partial charge < -0.3 is 0 Å². The minimum Gasteiger partial charge on any atom is -0.299 e. The van der Waals surface area contributed by atoms with Crippen LogP contribution in [0.25, 0.3) is 0 Å². The monoisotopic (exact) mass is 164 g/mol. The fourth-order valence-electron chi connectivity index (χ4n) is 2.80. The van der Waals surface area contributed by atoms with E-state index >= 15 is 0 Å².